The second-order valence-electron chi connectivity index (χ2n) is 9.22. The number of carbonyl (C=O) groups is 2. The number of carbonyl (C=O) groups excluding carboxylic acids is 2. The number of nitriles is 1. The predicted octanol–water partition coefficient (Wildman–Crippen LogP) is 6.82. The van der Waals surface area contributed by atoms with E-state index >= 15 is 0 Å². The highest BCUT2D eigenvalue weighted by Crippen LogP contribution is 2.32. The van der Waals surface area contributed by atoms with Gasteiger partial charge >= 0.3 is 0 Å². The topological polar surface area (TPSA) is 79.0 Å². The third-order valence-electron chi connectivity index (χ3n) is 6.47. The molecule has 0 bridgehead atoms. The summed E-state index contributed by atoms with van der Waals surface area (Å²) in [7, 11) is 0. The molecule has 4 rings (SSSR count). The Morgan fingerprint density at radius 3 is 2.37 bits per heavy atom. The minimum atomic E-state index is -0.511. The normalized spacial score (nSPS) is 14.9. The number of amides is 2. The summed E-state index contributed by atoms with van der Waals surface area (Å²) < 4.78 is 1.79. The lowest BCUT2D eigenvalue weighted by molar-refractivity contribution is -0.140. The molecule has 1 aliphatic rings. The summed E-state index contributed by atoms with van der Waals surface area (Å²) in [4.78, 5) is 28.9. The second kappa shape index (κ2) is 12.6. The molecule has 0 atom stereocenters. The first-order valence-electron chi connectivity index (χ1n) is 13.1. The Morgan fingerprint density at radius 2 is 1.71 bits per heavy atom. The Labute approximate surface area is 228 Å². The van der Waals surface area contributed by atoms with Gasteiger partial charge in [-0.05, 0) is 61.4 Å². The molecule has 0 radical (unpaired) electrons. The molecular weight excluding hydrogens is 492 g/mol. The van der Waals surface area contributed by atoms with E-state index in [9.17, 15) is 14.9 Å². The van der Waals surface area contributed by atoms with Crippen molar-refractivity contribution in [3.63, 3.8) is 0 Å². The molecule has 0 saturated heterocycles. The molecule has 0 N–H and O–H groups in total. The molecule has 194 valence electrons. The lowest BCUT2D eigenvalue weighted by atomic mass is 9.93. The average molecular weight is 525 g/mol. The summed E-state index contributed by atoms with van der Waals surface area (Å²) in [5.41, 5.74) is 4.05. The number of hydrogen-bond donors (Lipinski definition) is 0. The van der Waals surface area contributed by atoms with Crippen molar-refractivity contribution in [2.24, 2.45) is 0 Å². The van der Waals surface area contributed by atoms with Gasteiger partial charge < -0.3 is 0 Å². The van der Waals surface area contributed by atoms with E-state index in [-0.39, 0.29) is 11.5 Å². The second-order valence-corrected chi connectivity index (χ2v) is 10.4. The highest BCUT2D eigenvalue weighted by Gasteiger charge is 2.35. The average Bonchev–Trinajstić information content (AvgIpc) is 3.37. The first-order valence-corrected chi connectivity index (χ1v) is 14.0. The van der Waals surface area contributed by atoms with E-state index in [0.29, 0.717) is 24.1 Å². The molecular formula is C31H32N4O2S. The first-order chi connectivity index (χ1) is 18.5. The molecule has 2 amide bonds. The van der Waals surface area contributed by atoms with E-state index in [0.717, 1.165) is 47.5 Å². The van der Waals surface area contributed by atoms with Crippen molar-refractivity contribution < 1.29 is 9.59 Å². The fraction of sp³-hybridized carbons (Fsp3) is 0.290. The third kappa shape index (κ3) is 5.81. The minimum Gasteiger partial charge on any atom is -0.274 e. The van der Waals surface area contributed by atoms with Crippen molar-refractivity contribution in [2.45, 2.75) is 51.3 Å². The number of unbranched alkanes of at least 4 members (excludes halogenated alkanes) is 2. The van der Waals surface area contributed by atoms with Crippen LogP contribution in [0.1, 0.15) is 52.0 Å². The molecule has 1 aliphatic heterocycles. The standard InChI is InChI=1S/C31H32N4O2S/c1-4-6-10-17-34-30(36)27(22(3)28(20-32)31(34)37)19-24-21-35(25-11-8-7-9-12-25)33-29(24)23-13-15-26(16-14-23)38-18-5-2/h7-9,11-16,19,21H,4-6,10,17-18H2,1-3H3/b27-19+. The van der Waals surface area contributed by atoms with E-state index in [2.05, 4.69) is 26.0 Å². The zero-order valence-electron chi connectivity index (χ0n) is 22.1. The van der Waals surface area contributed by atoms with Gasteiger partial charge in [-0.1, -0.05) is 57.0 Å². The Kier molecular flexibility index (Phi) is 8.98. The number of para-hydroxylation sites is 1. The van der Waals surface area contributed by atoms with E-state index < -0.39 is 5.91 Å². The van der Waals surface area contributed by atoms with Crippen LogP contribution < -0.4 is 0 Å². The Balaban J connectivity index is 1.82. The molecule has 2 heterocycles. The van der Waals surface area contributed by atoms with Crippen LogP contribution in [-0.4, -0.2) is 38.8 Å². The summed E-state index contributed by atoms with van der Waals surface area (Å²) >= 11 is 1.81. The summed E-state index contributed by atoms with van der Waals surface area (Å²) in [6.45, 7) is 6.20. The van der Waals surface area contributed by atoms with Gasteiger partial charge in [0.05, 0.1) is 11.4 Å². The largest absolute Gasteiger partial charge is 0.274 e. The van der Waals surface area contributed by atoms with Crippen molar-refractivity contribution in [3.05, 3.63) is 83.1 Å². The van der Waals surface area contributed by atoms with Gasteiger partial charge in [0.15, 0.2) is 0 Å². The van der Waals surface area contributed by atoms with Crippen molar-refractivity contribution in [1.29, 1.82) is 5.26 Å². The van der Waals surface area contributed by atoms with E-state index in [4.69, 9.17) is 5.10 Å². The van der Waals surface area contributed by atoms with E-state index in [1.807, 2.05) is 66.5 Å². The number of rotatable bonds is 10. The Morgan fingerprint density at radius 1 is 0.974 bits per heavy atom. The number of hydrogen-bond acceptors (Lipinski definition) is 5. The molecule has 6 nitrogen and oxygen atoms in total. The van der Waals surface area contributed by atoms with Gasteiger partial charge in [0, 0.05) is 34.3 Å². The molecule has 0 fully saturated rings. The van der Waals surface area contributed by atoms with Gasteiger partial charge in [-0.15, -0.1) is 11.8 Å². The molecule has 38 heavy (non-hydrogen) atoms. The van der Waals surface area contributed by atoms with Crippen LogP contribution in [0.15, 0.2) is 82.4 Å². The van der Waals surface area contributed by atoms with Gasteiger partial charge in [-0.3, -0.25) is 14.5 Å². The van der Waals surface area contributed by atoms with Crippen LogP contribution in [0, 0.1) is 11.3 Å². The van der Waals surface area contributed by atoms with Crippen molar-refractivity contribution >= 4 is 29.7 Å². The van der Waals surface area contributed by atoms with Crippen LogP contribution in [0.25, 0.3) is 23.0 Å². The van der Waals surface area contributed by atoms with Crippen molar-refractivity contribution in [3.8, 4) is 23.0 Å². The highest BCUT2D eigenvalue weighted by molar-refractivity contribution is 7.99. The Bertz CT molecular complexity index is 1410. The van der Waals surface area contributed by atoms with Crippen LogP contribution in [0.3, 0.4) is 0 Å². The number of nitrogens with zero attached hydrogens (tertiary/aromatic N) is 4. The number of imide groups is 1. The fourth-order valence-corrected chi connectivity index (χ4v) is 5.14. The maximum atomic E-state index is 13.5. The molecule has 2 aromatic carbocycles. The van der Waals surface area contributed by atoms with Gasteiger partial charge in [-0.25, -0.2) is 4.68 Å². The van der Waals surface area contributed by atoms with Crippen LogP contribution in [0.2, 0.25) is 0 Å². The highest BCUT2D eigenvalue weighted by atomic mass is 32.2. The summed E-state index contributed by atoms with van der Waals surface area (Å²) in [6, 6.07) is 20.1. The quantitative estimate of drug-likeness (QED) is 0.126. The molecule has 0 unspecified atom stereocenters. The van der Waals surface area contributed by atoms with E-state index in [1.54, 1.807) is 17.7 Å². The van der Waals surface area contributed by atoms with Gasteiger partial charge in [0.25, 0.3) is 11.8 Å². The summed E-state index contributed by atoms with van der Waals surface area (Å²) in [6.07, 6.45) is 7.35. The van der Waals surface area contributed by atoms with Crippen LogP contribution >= 0.6 is 11.8 Å². The maximum Gasteiger partial charge on any atom is 0.271 e. The van der Waals surface area contributed by atoms with Gasteiger partial charge in [0.1, 0.15) is 11.6 Å². The van der Waals surface area contributed by atoms with Crippen LogP contribution in [0.4, 0.5) is 0 Å². The van der Waals surface area contributed by atoms with Crippen molar-refractivity contribution in [1.82, 2.24) is 14.7 Å². The van der Waals surface area contributed by atoms with Crippen LogP contribution in [-0.2, 0) is 9.59 Å². The monoisotopic (exact) mass is 524 g/mol. The zero-order valence-corrected chi connectivity index (χ0v) is 22.9. The minimum absolute atomic E-state index is 0.0154. The lowest BCUT2D eigenvalue weighted by Gasteiger charge is -2.27. The summed E-state index contributed by atoms with van der Waals surface area (Å²) in [5, 5.41) is 14.6. The van der Waals surface area contributed by atoms with Crippen molar-refractivity contribution in [2.75, 3.05) is 12.3 Å². The Hall–Kier alpha value is -3.89. The van der Waals surface area contributed by atoms with Crippen LogP contribution in [0.5, 0.6) is 0 Å². The maximum absolute atomic E-state index is 13.5. The van der Waals surface area contributed by atoms with Gasteiger partial charge in [-0.2, -0.15) is 10.4 Å². The molecule has 0 saturated carbocycles. The molecule has 0 spiro atoms. The van der Waals surface area contributed by atoms with E-state index in [1.165, 1.54) is 9.80 Å². The summed E-state index contributed by atoms with van der Waals surface area (Å²) in [5.74, 6) is 0.179. The lowest BCUT2D eigenvalue weighted by Crippen LogP contribution is -2.43. The number of thioether (sulfide) groups is 1. The molecule has 7 heteroatoms. The van der Waals surface area contributed by atoms with Gasteiger partial charge in [0.2, 0.25) is 0 Å². The molecule has 3 aromatic rings. The zero-order chi connectivity index (χ0) is 27.1. The SMILES string of the molecule is CCCCCN1C(=O)C(C#N)=C(C)/C(=C\c2cn(-c3ccccc3)nc2-c2ccc(SCCC)cc2)C1=O. The first kappa shape index (κ1) is 27.2. The number of benzene rings is 2. The molecule has 0 aliphatic carbocycles. The molecule has 1 aromatic heterocycles. The smallest absolute Gasteiger partial charge is 0.271 e. The third-order valence-corrected chi connectivity index (χ3v) is 7.69. The fourth-order valence-electron chi connectivity index (χ4n) is 4.37. The predicted molar refractivity (Wildman–Crippen MR) is 153 cm³/mol. The number of aromatic nitrogens is 2.